The Balaban J connectivity index is 0.00000363. The minimum absolute atomic E-state index is 0. The first kappa shape index (κ1) is 25.4. The molecule has 0 saturated heterocycles. The maximum atomic E-state index is 12.7. The van der Waals surface area contributed by atoms with Crippen molar-refractivity contribution >= 4 is 29.9 Å². The van der Waals surface area contributed by atoms with Crippen LogP contribution in [0, 0.1) is 0 Å². The number of methoxy groups -OCH3 is 1. The number of guanidine groups is 1. The third kappa shape index (κ3) is 7.36. The molecule has 0 saturated carbocycles. The zero-order valence-corrected chi connectivity index (χ0v) is 20.1. The molecule has 3 aromatic rings. The standard InChI is InChI=1S/C22H25F2N5O2.HI/c1-3-25-22(26-14-16-13-19(30-2)9-10-20(16)31-21(23)24)27-15-17-11-12-29(28-17)18-7-5-4-6-8-18;/h4-13,21H,3,14-15H2,1-2H3,(H2,25,26,27);1H. The molecule has 0 amide bonds. The van der Waals surface area contributed by atoms with Crippen molar-refractivity contribution in [3.05, 3.63) is 72.1 Å². The van der Waals surface area contributed by atoms with Crippen LogP contribution in [0.4, 0.5) is 8.78 Å². The van der Waals surface area contributed by atoms with E-state index in [1.54, 1.807) is 16.8 Å². The number of nitrogens with one attached hydrogen (secondary N) is 2. The van der Waals surface area contributed by atoms with Crippen molar-refractivity contribution < 1.29 is 18.3 Å². The summed E-state index contributed by atoms with van der Waals surface area (Å²) in [5.41, 5.74) is 2.29. The van der Waals surface area contributed by atoms with Crippen LogP contribution >= 0.6 is 24.0 Å². The maximum absolute atomic E-state index is 12.7. The molecule has 3 rings (SSSR count). The van der Waals surface area contributed by atoms with Crippen molar-refractivity contribution in [3.8, 4) is 17.2 Å². The highest BCUT2D eigenvalue weighted by molar-refractivity contribution is 14.0. The Morgan fingerprint density at radius 1 is 1.12 bits per heavy atom. The number of nitrogens with zero attached hydrogens (tertiary/aromatic N) is 3. The second kappa shape index (κ2) is 12.8. The lowest BCUT2D eigenvalue weighted by Crippen LogP contribution is -2.36. The summed E-state index contributed by atoms with van der Waals surface area (Å²) < 4.78 is 37.0. The van der Waals surface area contributed by atoms with Gasteiger partial charge in [0.05, 0.1) is 31.6 Å². The van der Waals surface area contributed by atoms with Crippen LogP contribution in [-0.2, 0) is 13.1 Å². The topological polar surface area (TPSA) is 72.7 Å². The van der Waals surface area contributed by atoms with Crippen molar-refractivity contribution in [2.45, 2.75) is 26.6 Å². The van der Waals surface area contributed by atoms with E-state index in [0.29, 0.717) is 30.4 Å². The highest BCUT2D eigenvalue weighted by atomic mass is 127. The summed E-state index contributed by atoms with van der Waals surface area (Å²) in [4.78, 5) is 4.49. The van der Waals surface area contributed by atoms with Gasteiger partial charge in [-0.1, -0.05) is 18.2 Å². The zero-order valence-electron chi connectivity index (χ0n) is 17.8. The van der Waals surface area contributed by atoms with Crippen LogP contribution in [0.1, 0.15) is 18.2 Å². The molecule has 0 aliphatic rings. The number of hydrogen-bond acceptors (Lipinski definition) is 4. The van der Waals surface area contributed by atoms with Gasteiger partial charge in [-0.2, -0.15) is 13.9 Å². The van der Waals surface area contributed by atoms with E-state index in [0.717, 1.165) is 11.4 Å². The van der Waals surface area contributed by atoms with Crippen LogP contribution in [0.5, 0.6) is 11.5 Å². The van der Waals surface area contributed by atoms with Crippen molar-refractivity contribution in [3.63, 3.8) is 0 Å². The molecule has 172 valence electrons. The van der Waals surface area contributed by atoms with Gasteiger partial charge in [-0.3, -0.25) is 0 Å². The van der Waals surface area contributed by atoms with Crippen molar-refractivity contribution in [2.24, 2.45) is 4.99 Å². The van der Waals surface area contributed by atoms with Crippen LogP contribution in [0.3, 0.4) is 0 Å². The lowest BCUT2D eigenvalue weighted by atomic mass is 10.2. The third-order valence-electron chi connectivity index (χ3n) is 4.34. The first-order valence-electron chi connectivity index (χ1n) is 9.83. The molecule has 2 aromatic carbocycles. The van der Waals surface area contributed by atoms with E-state index in [4.69, 9.17) is 4.74 Å². The molecule has 0 radical (unpaired) electrons. The van der Waals surface area contributed by atoms with Crippen LogP contribution in [0.25, 0.3) is 5.69 Å². The number of alkyl halides is 2. The average molecular weight is 557 g/mol. The largest absolute Gasteiger partial charge is 0.497 e. The number of benzene rings is 2. The average Bonchev–Trinajstić information content (AvgIpc) is 3.26. The second-order valence-electron chi connectivity index (χ2n) is 6.49. The first-order valence-corrected chi connectivity index (χ1v) is 9.83. The number of hydrogen-bond donors (Lipinski definition) is 2. The number of halogens is 3. The number of aromatic nitrogens is 2. The van der Waals surface area contributed by atoms with Gasteiger partial charge in [-0.15, -0.1) is 24.0 Å². The zero-order chi connectivity index (χ0) is 22.1. The van der Waals surface area contributed by atoms with Gasteiger partial charge in [0.25, 0.3) is 0 Å². The predicted molar refractivity (Wildman–Crippen MR) is 130 cm³/mol. The predicted octanol–water partition coefficient (Wildman–Crippen LogP) is 4.36. The first-order chi connectivity index (χ1) is 15.1. The van der Waals surface area contributed by atoms with Gasteiger partial charge in [-0.25, -0.2) is 9.67 Å². The number of ether oxygens (including phenoxy) is 2. The second-order valence-corrected chi connectivity index (χ2v) is 6.49. The van der Waals surface area contributed by atoms with E-state index in [1.165, 1.54) is 13.2 Å². The molecule has 2 N–H and O–H groups in total. The summed E-state index contributed by atoms with van der Waals surface area (Å²) in [6.07, 6.45) is 1.89. The van der Waals surface area contributed by atoms with Crippen LogP contribution < -0.4 is 20.1 Å². The summed E-state index contributed by atoms with van der Waals surface area (Å²) in [5.74, 6) is 1.14. The van der Waals surface area contributed by atoms with Crippen LogP contribution in [0.15, 0.2) is 65.8 Å². The third-order valence-corrected chi connectivity index (χ3v) is 4.34. The highest BCUT2D eigenvalue weighted by Crippen LogP contribution is 2.26. The molecule has 0 aliphatic heterocycles. The lowest BCUT2D eigenvalue weighted by molar-refractivity contribution is -0.0504. The van der Waals surface area contributed by atoms with Crippen molar-refractivity contribution in [2.75, 3.05) is 13.7 Å². The van der Waals surface area contributed by atoms with Gasteiger partial charge in [0, 0.05) is 18.3 Å². The summed E-state index contributed by atoms with van der Waals surface area (Å²) in [6, 6.07) is 16.4. The fourth-order valence-electron chi connectivity index (χ4n) is 2.88. The Bertz CT molecular complexity index is 999. The fraction of sp³-hybridized carbons (Fsp3) is 0.273. The molecule has 0 spiro atoms. The monoisotopic (exact) mass is 557 g/mol. The SMILES string of the molecule is CCNC(=NCc1cc(OC)ccc1OC(F)F)NCc1ccn(-c2ccccc2)n1.I. The van der Waals surface area contributed by atoms with Gasteiger partial charge >= 0.3 is 6.61 Å². The Labute approximate surface area is 202 Å². The van der Waals surface area contributed by atoms with E-state index in [1.807, 2.05) is 49.5 Å². The molecular formula is C22H26F2IN5O2. The molecular weight excluding hydrogens is 531 g/mol. The van der Waals surface area contributed by atoms with Crippen LogP contribution in [0.2, 0.25) is 0 Å². The molecule has 0 bridgehead atoms. The summed E-state index contributed by atoms with van der Waals surface area (Å²) in [5, 5.41) is 10.9. The van der Waals surface area contributed by atoms with Gasteiger partial charge in [0.2, 0.25) is 0 Å². The normalized spacial score (nSPS) is 11.1. The van der Waals surface area contributed by atoms with E-state index in [2.05, 4.69) is 25.5 Å². The molecule has 0 unspecified atom stereocenters. The summed E-state index contributed by atoms with van der Waals surface area (Å²) in [7, 11) is 1.51. The molecule has 1 aromatic heterocycles. The molecule has 7 nitrogen and oxygen atoms in total. The van der Waals surface area contributed by atoms with Gasteiger partial charge in [-0.05, 0) is 43.3 Å². The van der Waals surface area contributed by atoms with Crippen molar-refractivity contribution in [1.29, 1.82) is 0 Å². The number of aliphatic imine (C=N–C) groups is 1. The molecule has 0 fully saturated rings. The maximum Gasteiger partial charge on any atom is 0.387 e. The van der Waals surface area contributed by atoms with E-state index in [-0.39, 0.29) is 36.3 Å². The van der Waals surface area contributed by atoms with Crippen LogP contribution in [-0.4, -0.2) is 36.0 Å². The Morgan fingerprint density at radius 3 is 2.59 bits per heavy atom. The van der Waals surface area contributed by atoms with Gasteiger partial charge in [0.1, 0.15) is 11.5 Å². The minimum Gasteiger partial charge on any atom is -0.497 e. The molecule has 32 heavy (non-hydrogen) atoms. The molecule has 0 atom stereocenters. The molecule has 0 aliphatic carbocycles. The van der Waals surface area contributed by atoms with Gasteiger partial charge < -0.3 is 20.1 Å². The van der Waals surface area contributed by atoms with Gasteiger partial charge in [0.15, 0.2) is 5.96 Å². The number of para-hydroxylation sites is 1. The van der Waals surface area contributed by atoms with E-state index < -0.39 is 6.61 Å². The molecule has 10 heteroatoms. The lowest BCUT2D eigenvalue weighted by Gasteiger charge is -2.13. The Hall–Kier alpha value is -2.89. The highest BCUT2D eigenvalue weighted by Gasteiger charge is 2.11. The smallest absolute Gasteiger partial charge is 0.387 e. The summed E-state index contributed by atoms with van der Waals surface area (Å²) >= 11 is 0. The quantitative estimate of drug-likeness (QED) is 0.233. The van der Waals surface area contributed by atoms with E-state index >= 15 is 0 Å². The Morgan fingerprint density at radius 2 is 1.91 bits per heavy atom. The van der Waals surface area contributed by atoms with Crippen molar-refractivity contribution in [1.82, 2.24) is 20.4 Å². The number of rotatable bonds is 9. The molecule has 1 heterocycles. The van der Waals surface area contributed by atoms with E-state index in [9.17, 15) is 8.78 Å². The fourth-order valence-corrected chi connectivity index (χ4v) is 2.88. The summed E-state index contributed by atoms with van der Waals surface area (Å²) in [6.45, 7) is 0.250. The Kier molecular flexibility index (Phi) is 10.2. The minimum atomic E-state index is -2.91.